The average molecular weight is 405 g/mol. The first-order valence-electron chi connectivity index (χ1n) is 11.4. The molecule has 0 radical (unpaired) electrons. The molecule has 0 aliphatic heterocycles. The van der Waals surface area contributed by atoms with Crippen LogP contribution in [0.5, 0.6) is 0 Å². The Kier molecular flexibility index (Phi) is 6.54. The maximum atomic E-state index is 2.38. The van der Waals surface area contributed by atoms with Gasteiger partial charge in [0.1, 0.15) is 0 Å². The summed E-state index contributed by atoms with van der Waals surface area (Å²) in [4.78, 5) is 0. The molecule has 0 aromatic heterocycles. The standard InChI is InChI=1S/C30H44/c1-27(2,3)23-15-21(16-24(19-23)28(4,5)6)13-14-22-17-25(29(7,8)9)20-26(18-22)30(10,11)12/h13-20H,1-12H3/b14-13-. The molecule has 0 nitrogen and oxygen atoms in total. The Balaban J connectivity index is 2.58. The summed E-state index contributed by atoms with van der Waals surface area (Å²) in [5.74, 6) is 0. The van der Waals surface area contributed by atoms with E-state index >= 15 is 0 Å². The zero-order valence-electron chi connectivity index (χ0n) is 21.6. The second kappa shape index (κ2) is 8.03. The van der Waals surface area contributed by atoms with Crippen molar-refractivity contribution in [1.82, 2.24) is 0 Å². The maximum absolute atomic E-state index is 2.38. The molecule has 0 atom stereocenters. The molecule has 0 spiro atoms. The quantitative estimate of drug-likeness (QED) is 0.438. The van der Waals surface area contributed by atoms with Crippen LogP contribution in [0.25, 0.3) is 12.2 Å². The molecule has 164 valence electrons. The van der Waals surface area contributed by atoms with Gasteiger partial charge >= 0.3 is 0 Å². The molecule has 2 aromatic carbocycles. The fourth-order valence-corrected chi connectivity index (χ4v) is 3.42. The van der Waals surface area contributed by atoms with E-state index in [4.69, 9.17) is 0 Å². The van der Waals surface area contributed by atoms with E-state index in [1.807, 2.05) is 0 Å². The molecule has 0 saturated heterocycles. The van der Waals surface area contributed by atoms with Gasteiger partial charge in [-0.25, -0.2) is 0 Å². The second-order valence-corrected chi connectivity index (χ2v) is 13.0. The zero-order chi connectivity index (χ0) is 23.1. The first-order valence-corrected chi connectivity index (χ1v) is 11.4. The van der Waals surface area contributed by atoms with Gasteiger partial charge < -0.3 is 0 Å². The van der Waals surface area contributed by atoms with Crippen LogP contribution in [0.2, 0.25) is 0 Å². The lowest BCUT2D eigenvalue weighted by atomic mass is 9.79. The summed E-state index contributed by atoms with van der Waals surface area (Å²) >= 11 is 0. The zero-order valence-corrected chi connectivity index (χ0v) is 21.6. The third-order valence-corrected chi connectivity index (χ3v) is 5.84. The highest BCUT2D eigenvalue weighted by molar-refractivity contribution is 5.71. The van der Waals surface area contributed by atoms with Gasteiger partial charge in [0.15, 0.2) is 0 Å². The van der Waals surface area contributed by atoms with Crippen LogP contribution in [0.15, 0.2) is 36.4 Å². The Hall–Kier alpha value is -1.82. The molecule has 0 N–H and O–H groups in total. The number of hydrogen-bond donors (Lipinski definition) is 0. The van der Waals surface area contributed by atoms with Gasteiger partial charge in [0.2, 0.25) is 0 Å². The van der Waals surface area contributed by atoms with Crippen molar-refractivity contribution in [2.24, 2.45) is 0 Å². The first kappa shape index (κ1) is 24.4. The lowest BCUT2D eigenvalue weighted by Gasteiger charge is -2.26. The second-order valence-electron chi connectivity index (χ2n) is 13.0. The monoisotopic (exact) mass is 404 g/mol. The van der Waals surface area contributed by atoms with Crippen molar-refractivity contribution in [2.75, 3.05) is 0 Å². The molecule has 30 heavy (non-hydrogen) atoms. The highest BCUT2D eigenvalue weighted by Crippen LogP contribution is 2.33. The van der Waals surface area contributed by atoms with Crippen LogP contribution in [-0.2, 0) is 21.7 Å². The van der Waals surface area contributed by atoms with Crippen molar-refractivity contribution in [2.45, 2.75) is 105 Å². The predicted octanol–water partition coefficient (Wildman–Crippen LogP) is 9.05. The van der Waals surface area contributed by atoms with E-state index in [0.717, 1.165) is 0 Å². The third-order valence-electron chi connectivity index (χ3n) is 5.84. The van der Waals surface area contributed by atoms with E-state index in [2.05, 4.69) is 132 Å². The number of hydrogen-bond acceptors (Lipinski definition) is 0. The first-order chi connectivity index (χ1) is 13.4. The van der Waals surface area contributed by atoms with Crippen LogP contribution >= 0.6 is 0 Å². The summed E-state index contributed by atoms with van der Waals surface area (Å²) in [6.45, 7) is 27.6. The molecule has 0 aliphatic carbocycles. The fraction of sp³-hybridized carbons (Fsp3) is 0.533. The van der Waals surface area contributed by atoms with Crippen molar-refractivity contribution in [3.63, 3.8) is 0 Å². The van der Waals surface area contributed by atoms with Crippen molar-refractivity contribution in [1.29, 1.82) is 0 Å². The summed E-state index contributed by atoms with van der Waals surface area (Å²) in [6.07, 6.45) is 4.58. The molecule has 0 unspecified atom stereocenters. The fourth-order valence-electron chi connectivity index (χ4n) is 3.42. The van der Waals surface area contributed by atoms with Crippen molar-refractivity contribution in [3.8, 4) is 0 Å². The smallest absolute Gasteiger partial charge is 0.0132 e. The molecule has 0 fully saturated rings. The van der Waals surface area contributed by atoms with E-state index in [1.54, 1.807) is 0 Å². The molecule has 0 aliphatic rings. The minimum Gasteiger partial charge on any atom is -0.0561 e. The Morgan fingerprint density at radius 2 is 0.567 bits per heavy atom. The van der Waals surface area contributed by atoms with E-state index in [1.165, 1.54) is 33.4 Å². The lowest BCUT2D eigenvalue weighted by molar-refractivity contribution is 0.567. The molecule has 2 rings (SSSR count). The predicted molar refractivity (Wildman–Crippen MR) is 137 cm³/mol. The third kappa shape index (κ3) is 6.34. The number of rotatable bonds is 2. The van der Waals surface area contributed by atoms with Gasteiger partial charge in [0.05, 0.1) is 0 Å². The number of benzene rings is 2. The van der Waals surface area contributed by atoms with Crippen LogP contribution in [-0.4, -0.2) is 0 Å². The van der Waals surface area contributed by atoms with Crippen LogP contribution in [0.4, 0.5) is 0 Å². The van der Waals surface area contributed by atoms with Crippen molar-refractivity contribution in [3.05, 3.63) is 69.8 Å². The molecular weight excluding hydrogens is 360 g/mol. The summed E-state index contributed by atoms with van der Waals surface area (Å²) in [6, 6.07) is 14.2. The van der Waals surface area contributed by atoms with Gasteiger partial charge in [-0.3, -0.25) is 0 Å². The normalized spacial score (nSPS) is 13.9. The summed E-state index contributed by atoms with van der Waals surface area (Å²) in [5, 5.41) is 0. The highest BCUT2D eigenvalue weighted by Gasteiger charge is 2.21. The maximum Gasteiger partial charge on any atom is -0.0132 e. The molecule has 0 heteroatoms. The van der Waals surface area contributed by atoms with Gasteiger partial charge in [0, 0.05) is 0 Å². The minimum atomic E-state index is 0.134. The van der Waals surface area contributed by atoms with Gasteiger partial charge in [-0.05, 0) is 55.0 Å². The van der Waals surface area contributed by atoms with Crippen molar-refractivity contribution < 1.29 is 0 Å². The topological polar surface area (TPSA) is 0 Å². The van der Waals surface area contributed by atoms with Gasteiger partial charge in [-0.1, -0.05) is 132 Å². The highest BCUT2D eigenvalue weighted by atomic mass is 14.3. The molecule has 2 aromatic rings. The Bertz CT molecular complexity index is 768. The SMILES string of the molecule is CC(C)(C)c1cc(/C=C\c2cc(C(C)(C)C)cc(C(C)(C)C)c2)cc(C(C)(C)C)c1. The summed E-state index contributed by atoms with van der Waals surface area (Å²) in [7, 11) is 0. The Morgan fingerprint density at radius 3 is 0.733 bits per heavy atom. The van der Waals surface area contributed by atoms with Crippen LogP contribution in [0.1, 0.15) is 116 Å². The minimum absolute atomic E-state index is 0.134. The van der Waals surface area contributed by atoms with Gasteiger partial charge in [-0.15, -0.1) is 0 Å². The van der Waals surface area contributed by atoms with Crippen LogP contribution < -0.4 is 0 Å². The van der Waals surface area contributed by atoms with E-state index in [9.17, 15) is 0 Å². The van der Waals surface area contributed by atoms with Gasteiger partial charge in [0.25, 0.3) is 0 Å². The Morgan fingerprint density at radius 1 is 0.367 bits per heavy atom. The van der Waals surface area contributed by atoms with E-state index in [0.29, 0.717) is 0 Å². The molecule has 0 saturated carbocycles. The van der Waals surface area contributed by atoms with Crippen LogP contribution in [0.3, 0.4) is 0 Å². The molecular formula is C30H44. The summed E-state index contributed by atoms with van der Waals surface area (Å²) < 4.78 is 0. The molecule has 0 heterocycles. The van der Waals surface area contributed by atoms with Crippen molar-refractivity contribution >= 4 is 12.2 Å². The molecule has 0 bridgehead atoms. The average Bonchev–Trinajstić information content (AvgIpc) is 2.56. The summed E-state index contributed by atoms with van der Waals surface area (Å²) in [5.41, 5.74) is 8.69. The van der Waals surface area contributed by atoms with E-state index in [-0.39, 0.29) is 21.7 Å². The molecule has 0 amide bonds. The van der Waals surface area contributed by atoms with Crippen LogP contribution in [0, 0.1) is 0 Å². The van der Waals surface area contributed by atoms with E-state index < -0.39 is 0 Å². The van der Waals surface area contributed by atoms with Gasteiger partial charge in [-0.2, -0.15) is 0 Å². The Labute approximate surface area is 186 Å². The lowest BCUT2D eigenvalue weighted by Crippen LogP contribution is -2.16. The largest absolute Gasteiger partial charge is 0.0561 e.